The molecule has 0 aliphatic carbocycles. The maximum absolute atomic E-state index is 13.1. The third-order valence-corrected chi connectivity index (χ3v) is 5.31. The van der Waals surface area contributed by atoms with Gasteiger partial charge in [0.25, 0.3) is 5.91 Å². The number of Topliss-reactive ketones (excluding diaryl/α,β-unsaturated/α-hetero) is 1. The molecule has 2 aromatic carbocycles. The van der Waals surface area contributed by atoms with Gasteiger partial charge in [0.05, 0.1) is 18.7 Å². The Balaban J connectivity index is 1.84. The molecule has 0 fully saturated rings. The van der Waals surface area contributed by atoms with Crippen LogP contribution in [0.25, 0.3) is 11.3 Å². The Kier molecular flexibility index (Phi) is 5.33. The molecular formula is C24H22N2O5. The summed E-state index contributed by atoms with van der Waals surface area (Å²) in [4.78, 5) is 27.6. The van der Waals surface area contributed by atoms with E-state index in [2.05, 4.69) is 5.16 Å². The van der Waals surface area contributed by atoms with E-state index in [0.717, 1.165) is 5.56 Å². The second-order valence-corrected chi connectivity index (χ2v) is 7.53. The van der Waals surface area contributed by atoms with Crippen LogP contribution >= 0.6 is 0 Å². The number of hydrogen-bond acceptors (Lipinski definition) is 6. The molecule has 158 valence electrons. The summed E-state index contributed by atoms with van der Waals surface area (Å²) in [6.07, 6.45) is 1.48. The minimum Gasteiger partial charge on any atom is -0.503 e. The number of ketones is 1. The van der Waals surface area contributed by atoms with Crippen LogP contribution in [-0.4, -0.2) is 29.1 Å². The van der Waals surface area contributed by atoms with Crippen molar-refractivity contribution in [2.24, 2.45) is 5.92 Å². The highest BCUT2D eigenvalue weighted by molar-refractivity contribution is 6.17. The zero-order valence-electron chi connectivity index (χ0n) is 17.4. The van der Waals surface area contributed by atoms with Crippen molar-refractivity contribution in [3.63, 3.8) is 0 Å². The van der Waals surface area contributed by atoms with Crippen LogP contribution < -0.4 is 9.64 Å². The van der Waals surface area contributed by atoms with Crippen LogP contribution in [0.1, 0.15) is 25.5 Å². The second-order valence-electron chi connectivity index (χ2n) is 7.53. The molecule has 0 saturated heterocycles. The van der Waals surface area contributed by atoms with Crippen molar-refractivity contribution in [1.82, 2.24) is 5.16 Å². The van der Waals surface area contributed by atoms with Gasteiger partial charge in [-0.1, -0.05) is 49.3 Å². The van der Waals surface area contributed by atoms with Crippen molar-refractivity contribution in [3.05, 3.63) is 77.8 Å². The number of para-hydroxylation sites is 1. The van der Waals surface area contributed by atoms with E-state index in [-0.39, 0.29) is 11.4 Å². The largest absolute Gasteiger partial charge is 0.503 e. The van der Waals surface area contributed by atoms with Crippen molar-refractivity contribution < 1.29 is 24.0 Å². The van der Waals surface area contributed by atoms with Gasteiger partial charge in [-0.3, -0.25) is 14.5 Å². The minimum atomic E-state index is -0.809. The molecule has 1 atom stereocenters. The topological polar surface area (TPSA) is 92.9 Å². The van der Waals surface area contributed by atoms with Gasteiger partial charge in [-0.25, -0.2) is 0 Å². The molecule has 7 heteroatoms. The molecule has 0 spiro atoms. The Morgan fingerprint density at radius 2 is 1.84 bits per heavy atom. The average Bonchev–Trinajstić information content (AvgIpc) is 3.41. The maximum Gasteiger partial charge on any atom is 0.294 e. The standard InChI is InChI=1S/C24H22N2O5/c1-14(2)22(27)20-21(17-6-4-5-7-19(17)30-3)26(24(29)23(20)28)16-10-8-15(9-11-16)18-12-13-31-25-18/h4-14,21,28H,1-3H3. The normalized spacial score (nSPS) is 16.3. The van der Waals surface area contributed by atoms with Crippen LogP contribution in [0.4, 0.5) is 5.69 Å². The van der Waals surface area contributed by atoms with Crippen molar-refractivity contribution in [2.75, 3.05) is 12.0 Å². The SMILES string of the molecule is COc1ccccc1C1C(C(=O)C(C)C)=C(O)C(=O)N1c1ccc(-c2ccon2)cc1. The summed E-state index contributed by atoms with van der Waals surface area (Å²) in [5.41, 5.74) is 2.70. The summed E-state index contributed by atoms with van der Waals surface area (Å²) >= 11 is 0. The Morgan fingerprint density at radius 3 is 2.45 bits per heavy atom. The molecule has 1 amide bonds. The number of ether oxygens (including phenoxy) is 1. The number of hydrogen-bond donors (Lipinski definition) is 1. The molecule has 0 bridgehead atoms. The van der Waals surface area contributed by atoms with Crippen molar-refractivity contribution in [2.45, 2.75) is 19.9 Å². The number of rotatable bonds is 6. The van der Waals surface area contributed by atoms with Crippen LogP contribution in [0.5, 0.6) is 5.75 Å². The zero-order chi connectivity index (χ0) is 22.1. The summed E-state index contributed by atoms with van der Waals surface area (Å²) in [5.74, 6) is -1.32. The lowest BCUT2D eigenvalue weighted by molar-refractivity contribution is -0.119. The van der Waals surface area contributed by atoms with E-state index >= 15 is 0 Å². The number of carbonyl (C=O) groups is 2. The predicted octanol–water partition coefficient (Wildman–Crippen LogP) is 4.48. The highest BCUT2D eigenvalue weighted by Gasteiger charge is 2.45. The second kappa shape index (κ2) is 8.10. The number of aliphatic hydroxyl groups is 1. The minimum absolute atomic E-state index is 0.0741. The first-order chi connectivity index (χ1) is 14.9. The van der Waals surface area contributed by atoms with E-state index in [9.17, 15) is 14.7 Å². The van der Waals surface area contributed by atoms with Gasteiger partial charge < -0.3 is 14.4 Å². The van der Waals surface area contributed by atoms with Gasteiger partial charge in [-0.2, -0.15) is 0 Å². The van der Waals surface area contributed by atoms with Crippen LogP contribution in [0.2, 0.25) is 0 Å². The van der Waals surface area contributed by atoms with Gasteiger partial charge in [0.2, 0.25) is 0 Å². The smallest absolute Gasteiger partial charge is 0.294 e. The monoisotopic (exact) mass is 418 g/mol. The molecule has 1 aliphatic rings. The maximum atomic E-state index is 13.1. The fourth-order valence-corrected chi connectivity index (χ4v) is 3.78. The van der Waals surface area contributed by atoms with Gasteiger partial charge in [0.15, 0.2) is 11.5 Å². The highest BCUT2D eigenvalue weighted by atomic mass is 16.5. The Hall–Kier alpha value is -3.87. The molecule has 1 aliphatic heterocycles. The van der Waals surface area contributed by atoms with Crippen LogP contribution in [-0.2, 0) is 9.59 Å². The number of amides is 1. The molecule has 1 N–H and O–H groups in total. The third kappa shape index (κ3) is 3.48. The molecule has 1 aromatic heterocycles. The summed E-state index contributed by atoms with van der Waals surface area (Å²) in [5, 5.41) is 14.6. The lowest BCUT2D eigenvalue weighted by Crippen LogP contribution is -2.31. The molecule has 0 radical (unpaired) electrons. The fourth-order valence-electron chi connectivity index (χ4n) is 3.78. The van der Waals surface area contributed by atoms with E-state index < -0.39 is 23.6 Å². The first-order valence-corrected chi connectivity index (χ1v) is 9.88. The summed E-state index contributed by atoms with van der Waals surface area (Å²) < 4.78 is 10.4. The van der Waals surface area contributed by atoms with Crippen LogP contribution in [0, 0.1) is 5.92 Å². The molecule has 4 rings (SSSR count). The number of aromatic nitrogens is 1. The van der Waals surface area contributed by atoms with Gasteiger partial charge in [-0.05, 0) is 18.2 Å². The van der Waals surface area contributed by atoms with Crippen molar-refractivity contribution in [3.8, 4) is 17.0 Å². The Morgan fingerprint density at radius 1 is 1.13 bits per heavy atom. The van der Waals surface area contributed by atoms with Gasteiger partial charge in [-0.15, -0.1) is 0 Å². The van der Waals surface area contributed by atoms with Crippen molar-refractivity contribution in [1.29, 1.82) is 0 Å². The van der Waals surface area contributed by atoms with E-state index in [4.69, 9.17) is 9.26 Å². The number of methoxy groups -OCH3 is 1. The summed E-state index contributed by atoms with van der Waals surface area (Å²) in [6, 6.07) is 15.2. The van der Waals surface area contributed by atoms with Gasteiger partial charge >= 0.3 is 0 Å². The Labute approximate surface area is 179 Å². The fraction of sp³-hybridized carbons (Fsp3) is 0.208. The van der Waals surface area contributed by atoms with Crippen LogP contribution in [0.3, 0.4) is 0 Å². The predicted molar refractivity (Wildman–Crippen MR) is 115 cm³/mol. The summed E-state index contributed by atoms with van der Waals surface area (Å²) in [6.45, 7) is 3.48. The van der Waals surface area contributed by atoms with E-state index in [1.165, 1.54) is 18.3 Å². The molecule has 31 heavy (non-hydrogen) atoms. The number of aliphatic hydroxyl groups excluding tert-OH is 1. The highest BCUT2D eigenvalue weighted by Crippen LogP contribution is 2.44. The molecule has 7 nitrogen and oxygen atoms in total. The first-order valence-electron chi connectivity index (χ1n) is 9.88. The molecule has 3 aromatic rings. The lowest BCUT2D eigenvalue weighted by atomic mass is 9.90. The first kappa shape index (κ1) is 20.4. The van der Waals surface area contributed by atoms with E-state index in [1.54, 1.807) is 62.4 Å². The van der Waals surface area contributed by atoms with Crippen molar-refractivity contribution >= 4 is 17.4 Å². The summed E-state index contributed by atoms with van der Waals surface area (Å²) in [7, 11) is 1.53. The quantitative estimate of drug-likeness (QED) is 0.635. The number of anilines is 1. The average molecular weight is 418 g/mol. The molecular weight excluding hydrogens is 396 g/mol. The Bertz CT molecular complexity index is 1150. The molecule has 2 heterocycles. The van der Waals surface area contributed by atoms with E-state index in [1.807, 2.05) is 6.07 Å². The van der Waals surface area contributed by atoms with Gasteiger partial charge in [0, 0.05) is 28.8 Å². The number of carbonyl (C=O) groups excluding carboxylic acids is 2. The van der Waals surface area contributed by atoms with Gasteiger partial charge in [0.1, 0.15) is 17.7 Å². The van der Waals surface area contributed by atoms with Crippen LogP contribution in [0.15, 0.2) is 76.7 Å². The lowest BCUT2D eigenvalue weighted by Gasteiger charge is -2.28. The molecule has 0 saturated carbocycles. The van der Waals surface area contributed by atoms with E-state index in [0.29, 0.717) is 22.7 Å². The number of nitrogens with zero attached hydrogens (tertiary/aromatic N) is 2. The zero-order valence-corrected chi connectivity index (χ0v) is 17.4. The molecule has 1 unspecified atom stereocenters. The third-order valence-electron chi connectivity index (χ3n) is 5.31. The number of benzene rings is 2.